The first-order valence-electron chi connectivity index (χ1n) is 5.50. The Morgan fingerprint density at radius 2 is 2.12 bits per heavy atom. The highest BCUT2D eigenvalue weighted by atomic mass is 79.9. The van der Waals surface area contributed by atoms with Gasteiger partial charge in [0.2, 0.25) is 5.91 Å². The summed E-state index contributed by atoms with van der Waals surface area (Å²) in [5.41, 5.74) is 1.09. The summed E-state index contributed by atoms with van der Waals surface area (Å²) in [6, 6.07) is 7.93. The van der Waals surface area contributed by atoms with Crippen molar-refractivity contribution in [3.63, 3.8) is 0 Å². The molecule has 0 aliphatic rings. The molecule has 92 valence electrons. The number of hydrogen-bond acceptors (Lipinski definition) is 2. The summed E-state index contributed by atoms with van der Waals surface area (Å²) in [5.74, 6) is -0.0118. The van der Waals surface area contributed by atoms with Crippen LogP contribution in [0, 0.1) is 0 Å². The maximum Gasteiger partial charge on any atom is 0.234 e. The third-order valence-electron chi connectivity index (χ3n) is 2.32. The molecular formula is C13H17BrN2O. The molecule has 4 heteroatoms. The summed E-state index contributed by atoms with van der Waals surface area (Å²) in [6.45, 7) is 6.49. The van der Waals surface area contributed by atoms with Crippen molar-refractivity contribution in [3.8, 4) is 0 Å². The molecule has 1 aromatic carbocycles. The molecule has 0 saturated carbocycles. The molecule has 1 amide bonds. The van der Waals surface area contributed by atoms with Crippen LogP contribution in [0.2, 0.25) is 0 Å². The van der Waals surface area contributed by atoms with E-state index in [1.807, 2.05) is 31.2 Å². The van der Waals surface area contributed by atoms with Gasteiger partial charge in [-0.05, 0) is 24.6 Å². The zero-order valence-corrected chi connectivity index (χ0v) is 11.5. The number of hydrogen-bond donors (Lipinski definition) is 2. The maximum absolute atomic E-state index is 11.6. The number of halogens is 1. The molecule has 1 atom stereocenters. The minimum absolute atomic E-state index is 0.0118. The summed E-state index contributed by atoms with van der Waals surface area (Å²) in [4.78, 5) is 11.6. The molecular weight excluding hydrogens is 280 g/mol. The molecule has 0 spiro atoms. The summed E-state index contributed by atoms with van der Waals surface area (Å²) >= 11 is 3.38. The van der Waals surface area contributed by atoms with Gasteiger partial charge in [-0.3, -0.25) is 4.79 Å². The number of rotatable bonds is 6. The summed E-state index contributed by atoms with van der Waals surface area (Å²) in [5, 5.41) is 5.89. The smallest absolute Gasteiger partial charge is 0.234 e. The average Bonchev–Trinajstić information content (AvgIpc) is 2.30. The third kappa shape index (κ3) is 5.15. The maximum atomic E-state index is 11.6. The quantitative estimate of drug-likeness (QED) is 0.625. The molecule has 0 radical (unpaired) electrons. The van der Waals surface area contributed by atoms with Gasteiger partial charge in [0.25, 0.3) is 0 Å². The Morgan fingerprint density at radius 3 is 2.71 bits per heavy atom. The van der Waals surface area contributed by atoms with Gasteiger partial charge in [-0.2, -0.15) is 0 Å². The minimum Gasteiger partial charge on any atom is -0.348 e. The molecule has 0 aliphatic heterocycles. The van der Waals surface area contributed by atoms with E-state index in [-0.39, 0.29) is 11.9 Å². The number of amides is 1. The fourth-order valence-electron chi connectivity index (χ4n) is 1.42. The second-order valence-electron chi connectivity index (χ2n) is 3.76. The molecule has 0 fully saturated rings. The lowest BCUT2D eigenvalue weighted by molar-refractivity contribution is -0.120. The molecule has 0 aliphatic carbocycles. The highest BCUT2D eigenvalue weighted by Gasteiger charge is 2.08. The first kappa shape index (κ1) is 13.9. The van der Waals surface area contributed by atoms with Crippen LogP contribution in [0.15, 0.2) is 41.4 Å². The minimum atomic E-state index is -0.0118. The fraction of sp³-hybridized carbons (Fsp3) is 0.308. The number of carbonyl (C=O) groups is 1. The molecule has 2 N–H and O–H groups in total. The van der Waals surface area contributed by atoms with Crippen LogP contribution in [0.3, 0.4) is 0 Å². The first-order chi connectivity index (χ1) is 8.13. The van der Waals surface area contributed by atoms with E-state index >= 15 is 0 Å². The largest absolute Gasteiger partial charge is 0.348 e. The van der Waals surface area contributed by atoms with Gasteiger partial charge in [-0.1, -0.05) is 34.1 Å². The van der Waals surface area contributed by atoms with Crippen LogP contribution in [-0.2, 0) is 4.79 Å². The van der Waals surface area contributed by atoms with Crippen LogP contribution < -0.4 is 10.6 Å². The van der Waals surface area contributed by atoms with E-state index in [2.05, 4.69) is 33.1 Å². The normalized spacial score (nSPS) is 11.9. The number of nitrogens with one attached hydrogen (secondary N) is 2. The van der Waals surface area contributed by atoms with E-state index in [0.717, 1.165) is 10.0 Å². The van der Waals surface area contributed by atoms with Gasteiger partial charge in [-0.25, -0.2) is 0 Å². The Labute approximate surface area is 110 Å². The van der Waals surface area contributed by atoms with Crippen molar-refractivity contribution in [1.29, 1.82) is 0 Å². The van der Waals surface area contributed by atoms with Crippen LogP contribution in [0.25, 0.3) is 0 Å². The Bertz CT molecular complexity index is 376. The summed E-state index contributed by atoms with van der Waals surface area (Å²) < 4.78 is 1.03. The summed E-state index contributed by atoms with van der Waals surface area (Å²) in [6.07, 6.45) is 1.73. The molecule has 0 bridgehead atoms. The van der Waals surface area contributed by atoms with E-state index in [1.54, 1.807) is 6.08 Å². The van der Waals surface area contributed by atoms with Gasteiger partial charge in [0, 0.05) is 11.0 Å². The van der Waals surface area contributed by atoms with Crippen molar-refractivity contribution in [3.05, 3.63) is 47.0 Å². The molecule has 0 aromatic heterocycles. The average molecular weight is 297 g/mol. The first-order valence-corrected chi connectivity index (χ1v) is 6.29. The van der Waals surface area contributed by atoms with Crippen molar-refractivity contribution in [2.24, 2.45) is 0 Å². The van der Waals surface area contributed by atoms with E-state index in [0.29, 0.717) is 13.1 Å². The highest BCUT2D eigenvalue weighted by molar-refractivity contribution is 9.10. The van der Waals surface area contributed by atoms with Gasteiger partial charge >= 0.3 is 0 Å². The Balaban J connectivity index is 2.42. The van der Waals surface area contributed by atoms with Gasteiger partial charge in [-0.15, -0.1) is 6.58 Å². The molecule has 0 heterocycles. The van der Waals surface area contributed by atoms with Gasteiger partial charge < -0.3 is 10.6 Å². The van der Waals surface area contributed by atoms with Crippen molar-refractivity contribution in [2.75, 3.05) is 13.1 Å². The van der Waals surface area contributed by atoms with Crippen LogP contribution in [0.5, 0.6) is 0 Å². The SMILES string of the molecule is C=CCNCC(=O)NC(C)c1ccc(Br)cc1. The highest BCUT2D eigenvalue weighted by Crippen LogP contribution is 2.16. The Morgan fingerprint density at radius 1 is 1.47 bits per heavy atom. The monoisotopic (exact) mass is 296 g/mol. The molecule has 0 saturated heterocycles. The van der Waals surface area contributed by atoms with Crippen molar-refractivity contribution in [2.45, 2.75) is 13.0 Å². The van der Waals surface area contributed by atoms with E-state index < -0.39 is 0 Å². The molecule has 1 aromatic rings. The lowest BCUT2D eigenvalue weighted by Crippen LogP contribution is -2.35. The van der Waals surface area contributed by atoms with Gasteiger partial charge in [0.15, 0.2) is 0 Å². The molecule has 1 unspecified atom stereocenters. The van der Waals surface area contributed by atoms with E-state index in [4.69, 9.17) is 0 Å². The molecule has 1 rings (SSSR count). The van der Waals surface area contributed by atoms with Crippen LogP contribution in [-0.4, -0.2) is 19.0 Å². The lowest BCUT2D eigenvalue weighted by atomic mass is 10.1. The predicted octanol–water partition coefficient (Wildman–Crippen LogP) is 2.40. The predicted molar refractivity (Wildman–Crippen MR) is 73.8 cm³/mol. The topological polar surface area (TPSA) is 41.1 Å². The van der Waals surface area contributed by atoms with Crippen LogP contribution >= 0.6 is 15.9 Å². The van der Waals surface area contributed by atoms with Crippen molar-refractivity contribution < 1.29 is 4.79 Å². The number of carbonyl (C=O) groups excluding carboxylic acids is 1. The second kappa shape index (κ2) is 7.25. The fourth-order valence-corrected chi connectivity index (χ4v) is 1.68. The third-order valence-corrected chi connectivity index (χ3v) is 2.85. The Kier molecular flexibility index (Phi) is 5.94. The van der Waals surface area contributed by atoms with Gasteiger partial charge in [0.05, 0.1) is 12.6 Å². The lowest BCUT2D eigenvalue weighted by Gasteiger charge is -2.14. The number of benzene rings is 1. The van der Waals surface area contributed by atoms with Crippen molar-refractivity contribution in [1.82, 2.24) is 10.6 Å². The molecule has 17 heavy (non-hydrogen) atoms. The second-order valence-corrected chi connectivity index (χ2v) is 4.68. The van der Waals surface area contributed by atoms with Crippen LogP contribution in [0.1, 0.15) is 18.5 Å². The van der Waals surface area contributed by atoms with Crippen molar-refractivity contribution >= 4 is 21.8 Å². The van der Waals surface area contributed by atoms with Gasteiger partial charge in [0.1, 0.15) is 0 Å². The Hall–Kier alpha value is -1.13. The standard InChI is InChI=1S/C13H17BrN2O/c1-3-8-15-9-13(17)16-10(2)11-4-6-12(14)7-5-11/h3-7,10,15H,1,8-9H2,2H3,(H,16,17). The van der Waals surface area contributed by atoms with Crippen LogP contribution in [0.4, 0.5) is 0 Å². The summed E-state index contributed by atoms with van der Waals surface area (Å²) in [7, 11) is 0. The zero-order chi connectivity index (χ0) is 12.7. The van der Waals surface area contributed by atoms with E-state index in [9.17, 15) is 4.79 Å². The molecule has 3 nitrogen and oxygen atoms in total. The van der Waals surface area contributed by atoms with E-state index in [1.165, 1.54) is 0 Å². The zero-order valence-electron chi connectivity index (χ0n) is 9.87.